The van der Waals surface area contributed by atoms with Crippen molar-refractivity contribution in [1.82, 2.24) is 5.32 Å². The highest BCUT2D eigenvalue weighted by molar-refractivity contribution is 5.91. The maximum Gasteiger partial charge on any atom is 0.338 e. The fourth-order valence-corrected chi connectivity index (χ4v) is 3.09. The number of amides is 2. The number of carbonyl (C=O) groups excluding carboxylic acids is 3. The number of hydrogen-bond donors (Lipinski definition) is 2. The molecule has 0 heterocycles. The van der Waals surface area contributed by atoms with Crippen LogP contribution in [-0.4, -0.2) is 37.0 Å². The lowest BCUT2D eigenvalue weighted by Crippen LogP contribution is -2.45. The predicted octanol–water partition coefficient (Wildman–Crippen LogP) is 1.65. The first-order chi connectivity index (χ1) is 12.4. The lowest BCUT2D eigenvalue weighted by molar-refractivity contribution is -0.125. The third-order valence-corrected chi connectivity index (χ3v) is 4.86. The minimum Gasteiger partial charge on any atom is -0.484 e. The topological polar surface area (TPSA) is 108 Å². The molecule has 0 aromatic heterocycles. The number of ether oxygens (including phenoxy) is 2. The molecule has 1 aliphatic carbocycles. The van der Waals surface area contributed by atoms with Crippen molar-refractivity contribution < 1.29 is 23.9 Å². The van der Waals surface area contributed by atoms with Crippen molar-refractivity contribution in [2.75, 3.05) is 13.2 Å². The fourth-order valence-electron chi connectivity index (χ4n) is 3.09. The Bertz CT molecular complexity index is 644. The highest BCUT2D eigenvalue weighted by Gasteiger charge is 2.28. The van der Waals surface area contributed by atoms with Crippen LogP contribution in [0.25, 0.3) is 0 Å². The molecule has 2 rings (SSSR count). The molecule has 1 aliphatic rings. The van der Waals surface area contributed by atoms with Gasteiger partial charge in [0.1, 0.15) is 5.75 Å². The SMILES string of the molecule is C[C@@H]1[C@H](C)CCC[C@H]1NC(=O)COC(=O)c1ccc(OCC(N)=O)cc1. The number of rotatable bonds is 7. The Morgan fingerprint density at radius 3 is 2.46 bits per heavy atom. The second-order valence-electron chi connectivity index (χ2n) is 6.80. The average molecular weight is 362 g/mol. The molecule has 2 amide bonds. The summed E-state index contributed by atoms with van der Waals surface area (Å²) < 4.78 is 10.2. The Hall–Kier alpha value is -2.57. The standard InChI is InChI=1S/C19H26N2O5/c1-12-4-3-5-16(13(12)2)21-18(23)11-26-19(24)14-6-8-15(9-7-14)25-10-17(20)22/h6-9,12-13,16H,3-5,10-11H2,1-2H3,(H2,20,22)(H,21,23)/t12-,13-,16-/m1/s1. The zero-order valence-corrected chi connectivity index (χ0v) is 15.2. The van der Waals surface area contributed by atoms with Gasteiger partial charge in [-0.05, 0) is 42.5 Å². The number of nitrogens with one attached hydrogen (secondary N) is 1. The van der Waals surface area contributed by atoms with Gasteiger partial charge in [0.25, 0.3) is 11.8 Å². The Labute approximate surface area is 153 Å². The lowest BCUT2D eigenvalue weighted by atomic mass is 9.78. The number of benzene rings is 1. The van der Waals surface area contributed by atoms with Crippen LogP contribution >= 0.6 is 0 Å². The number of nitrogens with two attached hydrogens (primary N) is 1. The van der Waals surface area contributed by atoms with Crippen molar-refractivity contribution >= 4 is 17.8 Å². The van der Waals surface area contributed by atoms with Gasteiger partial charge in [0.05, 0.1) is 5.56 Å². The summed E-state index contributed by atoms with van der Waals surface area (Å²) in [5.74, 6) is -0.0553. The zero-order chi connectivity index (χ0) is 19.1. The summed E-state index contributed by atoms with van der Waals surface area (Å²) in [6.07, 6.45) is 3.24. The molecule has 1 fully saturated rings. The first kappa shape index (κ1) is 19.8. The van der Waals surface area contributed by atoms with Crippen LogP contribution in [0, 0.1) is 11.8 Å². The van der Waals surface area contributed by atoms with E-state index in [0.29, 0.717) is 23.1 Å². The van der Waals surface area contributed by atoms with E-state index in [1.165, 1.54) is 30.7 Å². The number of esters is 1. The molecule has 0 radical (unpaired) electrons. The summed E-state index contributed by atoms with van der Waals surface area (Å²) in [6, 6.07) is 6.20. The number of carbonyl (C=O) groups is 3. The molecular formula is C19H26N2O5. The third kappa shape index (κ3) is 5.75. The first-order valence-corrected chi connectivity index (χ1v) is 8.84. The van der Waals surface area contributed by atoms with E-state index >= 15 is 0 Å². The van der Waals surface area contributed by atoms with Gasteiger partial charge in [-0.3, -0.25) is 9.59 Å². The molecular weight excluding hydrogens is 336 g/mol. The van der Waals surface area contributed by atoms with Gasteiger partial charge in [0, 0.05) is 6.04 Å². The predicted molar refractivity (Wildman–Crippen MR) is 95.5 cm³/mol. The largest absolute Gasteiger partial charge is 0.484 e. The molecule has 7 nitrogen and oxygen atoms in total. The second kappa shape index (κ2) is 9.22. The molecule has 26 heavy (non-hydrogen) atoms. The molecule has 0 aliphatic heterocycles. The van der Waals surface area contributed by atoms with E-state index in [1.807, 2.05) is 0 Å². The summed E-state index contributed by atoms with van der Waals surface area (Å²) in [5.41, 5.74) is 5.29. The molecule has 0 spiro atoms. The van der Waals surface area contributed by atoms with Crippen molar-refractivity contribution in [3.05, 3.63) is 29.8 Å². The Morgan fingerprint density at radius 2 is 1.81 bits per heavy atom. The molecule has 0 saturated heterocycles. The molecule has 0 unspecified atom stereocenters. The highest BCUT2D eigenvalue weighted by Crippen LogP contribution is 2.29. The Balaban J connectivity index is 1.78. The maximum atomic E-state index is 12.1. The molecule has 1 aromatic rings. The number of primary amides is 1. The van der Waals surface area contributed by atoms with Crippen LogP contribution in [0.15, 0.2) is 24.3 Å². The van der Waals surface area contributed by atoms with Gasteiger partial charge in [-0.1, -0.05) is 26.7 Å². The van der Waals surface area contributed by atoms with Crippen LogP contribution in [-0.2, 0) is 14.3 Å². The van der Waals surface area contributed by atoms with Gasteiger partial charge >= 0.3 is 5.97 Å². The van der Waals surface area contributed by atoms with Gasteiger partial charge in [-0.15, -0.1) is 0 Å². The van der Waals surface area contributed by atoms with Crippen molar-refractivity contribution in [1.29, 1.82) is 0 Å². The van der Waals surface area contributed by atoms with Crippen molar-refractivity contribution in [2.45, 2.75) is 39.2 Å². The average Bonchev–Trinajstić information content (AvgIpc) is 2.62. The van der Waals surface area contributed by atoms with Crippen LogP contribution in [0.4, 0.5) is 0 Å². The van der Waals surface area contributed by atoms with Gasteiger partial charge in [0.15, 0.2) is 13.2 Å². The van der Waals surface area contributed by atoms with Crippen molar-refractivity contribution in [3.63, 3.8) is 0 Å². The summed E-state index contributed by atoms with van der Waals surface area (Å²) in [7, 11) is 0. The third-order valence-electron chi connectivity index (χ3n) is 4.86. The maximum absolute atomic E-state index is 12.1. The van der Waals surface area contributed by atoms with Crippen LogP contribution in [0.3, 0.4) is 0 Å². The minimum absolute atomic E-state index is 0.131. The Kier molecular flexibility index (Phi) is 7.00. The Morgan fingerprint density at radius 1 is 1.12 bits per heavy atom. The van der Waals surface area contributed by atoms with Crippen LogP contribution in [0.1, 0.15) is 43.5 Å². The monoisotopic (exact) mass is 362 g/mol. The zero-order valence-electron chi connectivity index (χ0n) is 15.2. The van der Waals surface area contributed by atoms with E-state index in [-0.39, 0.29) is 25.2 Å². The van der Waals surface area contributed by atoms with E-state index in [2.05, 4.69) is 19.2 Å². The second-order valence-corrected chi connectivity index (χ2v) is 6.80. The van der Waals surface area contributed by atoms with E-state index in [4.69, 9.17) is 15.2 Å². The van der Waals surface area contributed by atoms with Gasteiger partial charge in [0.2, 0.25) is 0 Å². The summed E-state index contributed by atoms with van der Waals surface area (Å²) >= 11 is 0. The fraction of sp³-hybridized carbons (Fsp3) is 0.526. The summed E-state index contributed by atoms with van der Waals surface area (Å²) in [5, 5.41) is 2.96. The molecule has 3 N–H and O–H groups in total. The van der Waals surface area contributed by atoms with Gasteiger partial charge in [-0.2, -0.15) is 0 Å². The molecule has 3 atom stereocenters. The number of hydrogen-bond acceptors (Lipinski definition) is 5. The van der Waals surface area contributed by atoms with Crippen molar-refractivity contribution in [2.24, 2.45) is 17.6 Å². The van der Waals surface area contributed by atoms with E-state index in [9.17, 15) is 14.4 Å². The smallest absolute Gasteiger partial charge is 0.338 e. The first-order valence-electron chi connectivity index (χ1n) is 8.84. The summed E-state index contributed by atoms with van der Waals surface area (Å²) in [6.45, 7) is 3.79. The normalized spacial score (nSPS) is 22.3. The van der Waals surface area contributed by atoms with Gasteiger partial charge < -0.3 is 20.5 Å². The molecule has 1 saturated carbocycles. The van der Waals surface area contributed by atoms with Crippen LogP contribution < -0.4 is 15.8 Å². The highest BCUT2D eigenvalue weighted by atomic mass is 16.5. The summed E-state index contributed by atoms with van der Waals surface area (Å²) in [4.78, 5) is 34.7. The van der Waals surface area contributed by atoms with E-state index in [1.54, 1.807) is 0 Å². The molecule has 142 valence electrons. The van der Waals surface area contributed by atoms with E-state index in [0.717, 1.165) is 12.8 Å². The quantitative estimate of drug-likeness (QED) is 0.717. The molecule has 7 heteroatoms. The van der Waals surface area contributed by atoms with Crippen LogP contribution in [0.5, 0.6) is 5.75 Å². The van der Waals surface area contributed by atoms with E-state index < -0.39 is 11.9 Å². The van der Waals surface area contributed by atoms with Crippen molar-refractivity contribution in [3.8, 4) is 5.75 Å². The van der Waals surface area contributed by atoms with Crippen LogP contribution in [0.2, 0.25) is 0 Å². The molecule has 0 bridgehead atoms. The minimum atomic E-state index is -0.591. The van der Waals surface area contributed by atoms with Gasteiger partial charge in [-0.25, -0.2) is 4.79 Å². The molecule has 1 aromatic carbocycles. The lowest BCUT2D eigenvalue weighted by Gasteiger charge is -2.34.